The molecule has 0 radical (unpaired) electrons. The van der Waals surface area contributed by atoms with E-state index in [0.717, 1.165) is 26.4 Å². The standard InChI is InChI=1S/C22H18N4O2S/c1-28-25-22(27)19-7-2-3-8-21(19)29-18-10-9-16-15-24-26(20(16)14-18)13-11-17-6-4-5-12-23-17/h2-15H,1H3,(H,25,27). The van der Waals surface area contributed by atoms with Gasteiger partial charge in [-0.2, -0.15) is 5.10 Å². The average Bonchev–Trinajstić information content (AvgIpc) is 3.16. The highest BCUT2D eigenvalue weighted by Crippen LogP contribution is 2.32. The second-order valence-electron chi connectivity index (χ2n) is 6.11. The topological polar surface area (TPSA) is 69.0 Å². The smallest absolute Gasteiger partial charge is 0.275 e. The Bertz CT molecular complexity index is 1170. The Morgan fingerprint density at radius 2 is 2.00 bits per heavy atom. The quantitative estimate of drug-likeness (QED) is 0.481. The van der Waals surface area contributed by atoms with Crippen LogP contribution in [0.25, 0.3) is 23.2 Å². The van der Waals surface area contributed by atoms with E-state index in [1.807, 2.05) is 71.7 Å². The molecule has 4 rings (SSSR count). The fourth-order valence-electron chi connectivity index (χ4n) is 2.84. The summed E-state index contributed by atoms with van der Waals surface area (Å²) in [5.74, 6) is -0.278. The molecule has 0 saturated carbocycles. The van der Waals surface area contributed by atoms with Crippen LogP contribution < -0.4 is 5.48 Å². The van der Waals surface area contributed by atoms with Crippen molar-refractivity contribution in [1.82, 2.24) is 20.2 Å². The number of hydrogen-bond acceptors (Lipinski definition) is 5. The molecule has 0 fully saturated rings. The summed E-state index contributed by atoms with van der Waals surface area (Å²) < 4.78 is 1.82. The van der Waals surface area contributed by atoms with Crippen LogP contribution in [0, 0.1) is 0 Å². The lowest BCUT2D eigenvalue weighted by Gasteiger charge is -2.09. The highest BCUT2D eigenvalue weighted by Gasteiger charge is 2.12. The lowest BCUT2D eigenvalue weighted by atomic mass is 10.2. The third-order valence-electron chi connectivity index (χ3n) is 4.20. The maximum Gasteiger partial charge on any atom is 0.275 e. The van der Waals surface area contributed by atoms with Crippen molar-refractivity contribution in [3.8, 4) is 0 Å². The maximum atomic E-state index is 12.2. The minimum absolute atomic E-state index is 0.278. The van der Waals surface area contributed by atoms with Crippen molar-refractivity contribution in [3.63, 3.8) is 0 Å². The predicted molar refractivity (Wildman–Crippen MR) is 114 cm³/mol. The van der Waals surface area contributed by atoms with E-state index in [4.69, 9.17) is 4.84 Å². The summed E-state index contributed by atoms with van der Waals surface area (Å²) in [5, 5.41) is 5.47. The van der Waals surface area contributed by atoms with Crippen molar-refractivity contribution >= 4 is 40.8 Å². The molecule has 2 aromatic carbocycles. The molecular formula is C22H18N4O2S. The number of benzene rings is 2. The number of carbonyl (C=O) groups excluding carboxylic acids is 1. The Kier molecular flexibility index (Phi) is 5.69. The number of nitrogens with zero attached hydrogens (tertiary/aromatic N) is 3. The molecule has 0 aliphatic rings. The lowest BCUT2D eigenvalue weighted by Crippen LogP contribution is -2.22. The van der Waals surface area contributed by atoms with Crippen molar-refractivity contribution in [2.45, 2.75) is 9.79 Å². The van der Waals surface area contributed by atoms with E-state index in [1.54, 1.807) is 12.3 Å². The van der Waals surface area contributed by atoms with Crippen molar-refractivity contribution in [1.29, 1.82) is 0 Å². The van der Waals surface area contributed by atoms with Gasteiger partial charge in [0.25, 0.3) is 5.91 Å². The molecule has 2 aromatic heterocycles. The normalized spacial score (nSPS) is 11.2. The summed E-state index contributed by atoms with van der Waals surface area (Å²) in [5.41, 5.74) is 4.77. The van der Waals surface area contributed by atoms with Gasteiger partial charge in [0.2, 0.25) is 0 Å². The first kappa shape index (κ1) is 18.9. The van der Waals surface area contributed by atoms with Crippen LogP contribution in [0.2, 0.25) is 0 Å². The maximum absolute atomic E-state index is 12.2. The molecule has 0 atom stereocenters. The van der Waals surface area contributed by atoms with Gasteiger partial charge in [-0.05, 0) is 42.5 Å². The van der Waals surface area contributed by atoms with Gasteiger partial charge >= 0.3 is 0 Å². The summed E-state index contributed by atoms with van der Waals surface area (Å²) in [6.07, 6.45) is 7.38. The molecule has 1 amide bonds. The predicted octanol–water partition coefficient (Wildman–Crippen LogP) is 4.50. The third-order valence-corrected chi connectivity index (χ3v) is 5.26. The monoisotopic (exact) mass is 402 g/mol. The molecule has 0 spiro atoms. The van der Waals surface area contributed by atoms with E-state index in [0.29, 0.717) is 5.56 Å². The number of carbonyl (C=O) groups is 1. The number of rotatable bonds is 6. The van der Waals surface area contributed by atoms with Crippen LogP contribution in [0.4, 0.5) is 0 Å². The molecule has 2 heterocycles. The zero-order valence-electron chi connectivity index (χ0n) is 15.6. The van der Waals surface area contributed by atoms with Crippen molar-refractivity contribution in [2.75, 3.05) is 7.11 Å². The molecule has 0 aliphatic heterocycles. The molecule has 4 aromatic rings. The summed E-state index contributed by atoms with van der Waals surface area (Å²) in [6.45, 7) is 0. The first-order valence-corrected chi connectivity index (χ1v) is 9.73. The number of pyridine rings is 1. The van der Waals surface area contributed by atoms with Gasteiger partial charge < -0.3 is 0 Å². The highest BCUT2D eigenvalue weighted by atomic mass is 32.2. The summed E-state index contributed by atoms with van der Waals surface area (Å²) >= 11 is 1.52. The molecule has 0 bridgehead atoms. The molecule has 0 aliphatic carbocycles. The minimum Gasteiger partial charge on any atom is -0.277 e. The van der Waals surface area contributed by atoms with Crippen molar-refractivity contribution in [3.05, 3.63) is 84.3 Å². The van der Waals surface area contributed by atoms with E-state index in [1.165, 1.54) is 18.9 Å². The van der Waals surface area contributed by atoms with E-state index in [9.17, 15) is 4.79 Å². The zero-order valence-corrected chi connectivity index (χ0v) is 16.5. The summed E-state index contributed by atoms with van der Waals surface area (Å²) in [6, 6.07) is 19.3. The molecule has 1 N–H and O–H groups in total. The number of aromatic nitrogens is 3. The Morgan fingerprint density at radius 3 is 2.83 bits per heavy atom. The Labute approximate surface area is 172 Å². The molecule has 29 heavy (non-hydrogen) atoms. The van der Waals surface area contributed by atoms with Crippen LogP contribution in [-0.2, 0) is 4.84 Å². The van der Waals surface area contributed by atoms with Gasteiger partial charge in [0.15, 0.2) is 0 Å². The first-order valence-electron chi connectivity index (χ1n) is 8.91. The van der Waals surface area contributed by atoms with E-state index in [2.05, 4.69) is 21.6 Å². The van der Waals surface area contributed by atoms with Gasteiger partial charge in [0.05, 0.1) is 30.1 Å². The van der Waals surface area contributed by atoms with Gasteiger partial charge in [-0.25, -0.2) is 10.2 Å². The second-order valence-corrected chi connectivity index (χ2v) is 7.23. The van der Waals surface area contributed by atoms with Gasteiger partial charge in [0.1, 0.15) is 0 Å². The fourth-order valence-corrected chi connectivity index (χ4v) is 3.82. The second kappa shape index (κ2) is 8.72. The largest absolute Gasteiger partial charge is 0.277 e. The van der Waals surface area contributed by atoms with E-state index >= 15 is 0 Å². The van der Waals surface area contributed by atoms with Crippen LogP contribution in [0.3, 0.4) is 0 Å². The van der Waals surface area contributed by atoms with Gasteiger partial charge in [-0.1, -0.05) is 36.0 Å². The molecule has 7 heteroatoms. The number of hydroxylamine groups is 1. The first-order chi connectivity index (χ1) is 14.2. The summed E-state index contributed by atoms with van der Waals surface area (Å²) in [7, 11) is 1.42. The van der Waals surface area contributed by atoms with Gasteiger partial charge in [-0.3, -0.25) is 14.6 Å². The summed E-state index contributed by atoms with van der Waals surface area (Å²) in [4.78, 5) is 23.1. The van der Waals surface area contributed by atoms with Gasteiger partial charge in [-0.15, -0.1) is 0 Å². The molecule has 144 valence electrons. The van der Waals surface area contributed by atoms with Crippen LogP contribution in [0.15, 0.2) is 82.8 Å². The Hall–Kier alpha value is -3.42. The van der Waals surface area contributed by atoms with Crippen LogP contribution in [0.5, 0.6) is 0 Å². The Morgan fingerprint density at radius 1 is 1.14 bits per heavy atom. The van der Waals surface area contributed by atoms with Crippen molar-refractivity contribution in [2.24, 2.45) is 0 Å². The SMILES string of the molecule is CONC(=O)c1ccccc1Sc1ccc2cnn(C=Cc3ccccn3)c2c1. The lowest BCUT2D eigenvalue weighted by molar-refractivity contribution is 0.0534. The number of nitrogens with one attached hydrogen (secondary N) is 1. The molecule has 6 nitrogen and oxygen atoms in total. The van der Waals surface area contributed by atoms with E-state index in [-0.39, 0.29) is 5.91 Å². The zero-order chi connectivity index (χ0) is 20.1. The highest BCUT2D eigenvalue weighted by molar-refractivity contribution is 7.99. The van der Waals surface area contributed by atoms with Crippen LogP contribution in [0.1, 0.15) is 16.1 Å². The van der Waals surface area contributed by atoms with Gasteiger partial charge in [0, 0.05) is 27.6 Å². The molecular weight excluding hydrogens is 384 g/mol. The molecule has 0 unspecified atom stereocenters. The Balaban J connectivity index is 1.63. The van der Waals surface area contributed by atoms with Crippen LogP contribution >= 0.6 is 11.8 Å². The fraction of sp³-hybridized carbons (Fsp3) is 0.0455. The number of amides is 1. The van der Waals surface area contributed by atoms with Crippen molar-refractivity contribution < 1.29 is 9.63 Å². The minimum atomic E-state index is -0.278. The third kappa shape index (κ3) is 4.37. The average molecular weight is 402 g/mol. The molecule has 0 saturated heterocycles. The number of fused-ring (bicyclic) bond motifs is 1. The van der Waals surface area contributed by atoms with Crippen LogP contribution in [-0.4, -0.2) is 27.8 Å². The van der Waals surface area contributed by atoms with E-state index < -0.39 is 0 Å². The number of hydrogen-bond donors (Lipinski definition) is 1.